The van der Waals surface area contributed by atoms with Gasteiger partial charge in [-0.05, 0) is 48.0 Å². The Morgan fingerprint density at radius 2 is 1.65 bits per heavy atom. The molecule has 0 aromatic rings. The molecule has 0 aliphatic heterocycles. The smallest absolute Gasteiger partial charge is 0.190 e. The molecule has 180 valence electrons. The van der Waals surface area contributed by atoms with Gasteiger partial charge in [-0.25, -0.2) is 0 Å². The molecule has 0 spiro atoms. The van der Waals surface area contributed by atoms with Gasteiger partial charge in [0.1, 0.15) is 0 Å². The van der Waals surface area contributed by atoms with Crippen LogP contribution in [-0.4, -0.2) is 27.3 Å². The summed E-state index contributed by atoms with van der Waals surface area (Å²) in [5.74, 6) is 6.69. The SMILES string of the molecule is C=C(C)C.C=C(C)CCC.C=C/C(SC(C)=O)=C(\C)N.CC#CCC(C)SCC(C)O. The minimum atomic E-state index is -0.197. The summed E-state index contributed by atoms with van der Waals surface area (Å²) in [7, 11) is 0. The molecule has 0 aromatic heterocycles. The molecule has 0 saturated heterocycles. The number of allylic oxidation sites excluding steroid dienone is 4. The average molecular weight is 470 g/mol. The summed E-state index contributed by atoms with van der Waals surface area (Å²) in [5.41, 5.74) is 8.52. The molecular formula is C26H47NO2S2. The first kappa shape index (κ1) is 37.0. The van der Waals surface area contributed by atoms with Gasteiger partial charge in [-0.1, -0.05) is 55.8 Å². The van der Waals surface area contributed by atoms with Crippen molar-refractivity contribution < 1.29 is 9.90 Å². The Labute approximate surface area is 202 Å². The highest BCUT2D eigenvalue weighted by molar-refractivity contribution is 8.17. The van der Waals surface area contributed by atoms with Gasteiger partial charge in [0, 0.05) is 34.9 Å². The van der Waals surface area contributed by atoms with Crippen molar-refractivity contribution in [1.82, 2.24) is 0 Å². The van der Waals surface area contributed by atoms with Crippen LogP contribution in [0.4, 0.5) is 0 Å². The van der Waals surface area contributed by atoms with Crippen LogP contribution in [0.3, 0.4) is 0 Å². The fraction of sp³-hybridized carbons (Fsp3) is 0.577. The van der Waals surface area contributed by atoms with E-state index in [-0.39, 0.29) is 11.2 Å². The minimum absolute atomic E-state index is 0.0275. The molecule has 0 rings (SSSR count). The van der Waals surface area contributed by atoms with E-state index in [1.807, 2.05) is 27.7 Å². The Kier molecular flexibility index (Phi) is 31.8. The van der Waals surface area contributed by atoms with E-state index in [2.05, 4.69) is 52.3 Å². The number of rotatable bonds is 8. The molecule has 0 heterocycles. The van der Waals surface area contributed by atoms with Crippen LogP contribution in [0, 0.1) is 11.8 Å². The molecular weight excluding hydrogens is 422 g/mol. The summed E-state index contributed by atoms with van der Waals surface area (Å²) in [6.45, 7) is 28.0. The van der Waals surface area contributed by atoms with Crippen molar-refractivity contribution in [3.63, 3.8) is 0 Å². The lowest BCUT2D eigenvalue weighted by Crippen LogP contribution is -2.06. The van der Waals surface area contributed by atoms with Crippen LogP contribution in [-0.2, 0) is 4.79 Å². The zero-order valence-electron chi connectivity index (χ0n) is 21.4. The molecule has 0 bridgehead atoms. The standard InChI is InChI=1S/C9H16OS.C7H11NOS.C6H12.C4H8/c1-4-5-6-9(3)11-7-8(2)10;1-4-7(5(2)8)10-6(3)9;1-4-5-6(2)3;1-4(2)3/h8-10H,6-7H2,1-3H3;4H,1,8H2,2-3H3;2,4-5H2,1,3H3;1H2,2-3H3/b;7-5-;;. The summed E-state index contributed by atoms with van der Waals surface area (Å²) < 4.78 is 0. The molecule has 3 N–H and O–H groups in total. The van der Waals surface area contributed by atoms with Gasteiger partial charge in [0.25, 0.3) is 0 Å². The van der Waals surface area contributed by atoms with E-state index in [9.17, 15) is 4.79 Å². The quantitative estimate of drug-likeness (QED) is 0.219. The van der Waals surface area contributed by atoms with Gasteiger partial charge in [-0.15, -0.1) is 25.0 Å². The minimum Gasteiger partial charge on any atom is -0.401 e. The number of aliphatic hydroxyl groups is 1. The molecule has 0 aromatic carbocycles. The topological polar surface area (TPSA) is 63.3 Å². The summed E-state index contributed by atoms with van der Waals surface area (Å²) in [4.78, 5) is 11.3. The molecule has 2 atom stereocenters. The maximum Gasteiger partial charge on any atom is 0.190 e. The Hall–Kier alpha value is -1.35. The predicted molar refractivity (Wildman–Crippen MR) is 147 cm³/mol. The first-order chi connectivity index (χ1) is 14.2. The average Bonchev–Trinajstić information content (AvgIpc) is 2.62. The van der Waals surface area contributed by atoms with E-state index in [1.165, 1.54) is 30.9 Å². The third kappa shape index (κ3) is 47.7. The lowest BCUT2D eigenvalue weighted by atomic mass is 10.2. The van der Waals surface area contributed by atoms with Crippen LogP contribution in [0.15, 0.2) is 47.6 Å². The van der Waals surface area contributed by atoms with E-state index >= 15 is 0 Å². The fourth-order valence-corrected chi connectivity index (χ4v) is 2.84. The van der Waals surface area contributed by atoms with E-state index < -0.39 is 0 Å². The summed E-state index contributed by atoms with van der Waals surface area (Å²) in [5, 5.41) is 9.54. The fourth-order valence-electron chi connectivity index (χ4n) is 1.47. The number of nitrogens with two attached hydrogens (primary N) is 1. The molecule has 0 aliphatic carbocycles. The van der Waals surface area contributed by atoms with Gasteiger partial charge in [0.15, 0.2) is 5.12 Å². The van der Waals surface area contributed by atoms with Crippen molar-refractivity contribution in [1.29, 1.82) is 0 Å². The van der Waals surface area contributed by atoms with Crippen molar-refractivity contribution >= 4 is 28.6 Å². The second kappa shape index (κ2) is 26.7. The van der Waals surface area contributed by atoms with Crippen molar-refractivity contribution in [3.8, 4) is 11.8 Å². The van der Waals surface area contributed by atoms with Crippen molar-refractivity contribution in [2.75, 3.05) is 5.75 Å². The highest BCUT2D eigenvalue weighted by atomic mass is 32.2. The van der Waals surface area contributed by atoms with Gasteiger partial charge in [0.05, 0.1) is 6.10 Å². The summed E-state index contributed by atoms with van der Waals surface area (Å²) in [6.07, 6.45) is 4.72. The maximum absolute atomic E-state index is 10.5. The second-order valence-corrected chi connectivity index (χ2v) is 10.1. The highest BCUT2D eigenvalue weighted by Crippen LogP contribution is 2.18. The zero-order chi connectivity index (χ0) is 25.4. The lowest BCUT2D eigenvalue weighted by Gasteiger charge is -2.08. The largest absolute Gasteiger partial charge is 0.401 e. The van der Waals surface area contributed by atoms with E-state index in [4.69, 9.17) is 10.8 Å². The molecule has 0 radical (unpaired) electrons. The monoisotopic (exact) mass is 469 g/mol. The van der Waals surface area contributed by atoms with E-state index in [0.717, 1.165) is 28.8 Å². The van der Waals surface area contributed by atoms with Crippen molar-refractivity contribution in [3.05, 3.63) is 47.6 Å². The van der Waals surface area contributed by atoms with Gasteiger partial charge in [0.2, 0.25) is 0 Å². The van der Waals surface area contributed by atoms with E-state index in [0.29, 0.717) is 10.9 Å². The van der Waals surface area contributed by atoms with Crippen LogP contribution < -0.4 is 5.73 Å². The van der Waals surface area contributed by atoms with E-state index in [1.54, 1.807) is 24.8 Å². The Morgan fingerprint density at radius 3 is 1.84 bits per heavy atom. The highest BCUT2D eigenvalue weighted by Gasteiger charge is 2.02. The van der Waals surface area contributed by atoms with Gasteiger partial charge >= 0.3 is 0 Å². The van der Waals surface area contributed by atoms with Crippen LogP contribution in [0.5, 0.6) is 0 Å². The molecule has 5 heteroatoms. The molecule has 0 fully saturated rings. The predicted octanol–water partition coefficient (Wildman–Crippen LogP) is 7.49. The lowest BCUT2D eigenvalue weighted by molar-refractivity contribution is -0.109. The number of aliphatic hydroxyl groups excluding tert-OH is 1. The van der Waals surface area contributed by atoms with Gasteiger partial charge in [-0.2, -0.15) is 11.8 Å². The zero-order valence-corrected chi connectivity index (χ0v) is 23.1. The third-order valence-corrected chi connectivity index (χ3v) is 5.10. The number of hydrogen-bond donors (Lipinski definition) is 2. The first-order valence-corrected chi connectivity index (χ1v) is 12.3. The number of carbonyl (C=O) groups excluding carboxylic acids is 1. The second-order valence-electron chi connectivity index (χ2n) is 7.38. The molecule has 0 amide bonds. The molecule has 0 aliphatic rings. The molecule has 3 nitrogen and oxygen atoms in total. The van der Waals surface area contributed by atoms with Crippen LogP contribution in [0.2, 0.25) is 0 Å². The van der Waals surface area contributed by atoms with Crippen LogP contribution in [0.25, 0.3) is 0 Å². The van der Waals surface area contributed by atoms with Crippen LogP contribution >= 0.6 is 23.5 Å². The Morgan fingerprint density at radius 1 is 1.16 bits per heavy atom. The van der Waals surface area contributed by atoms with Gasteiger partial charge in [-0.3, -0.25) is 4.79 Å². The number of carbonyl (C=O) groups is 1. The van der Waals surface area contributed by atoms with Crippen LogP contribution in [0.1, 0.15) is 81.6 Å². The number of thioether (sulfide) groups is 2. The summed E-state index contributed by atoms with van der Waals surface area (Å²) >= 11 is 2.88. The van der Waals surface area contributed by atoms with Crippen molar-refractivity contribution in [2.24, 2.45) is 5.73 Å². The Bertz CT molecular complexity index is 588. The first-order valence-electron chi connectivity index (χ1n) is 10.5. The normalized spacial score (nSPS) is 11.7. The molecule has 31 heavy (non-hydrogen) atoms. The van der Waals surface area contributed by atoms with Gasteiger partial charge < -0.3 is 10.8 Å². The number of hydrogen-bond acceptors (Lipinski definition) is 5. The molecule has 0 saturated carbocycles. The van der Waals surface area contributed by atoms with Crippen molar-refractivity contribution in [2.45, 2.75) is 92.9 Å². The summed E-state index contributed by atoms with van der Waals surface area (Å²) in [6, 6.07) is 0. The molecule has 2 unspecified atom stereocenters. The Balaban J connectivity index is -0.000000167. The maximum atomic E-state index is 10.5. The third-order valence-electron chi connectivity index (χ3n) is 2.69.